The molecule has 0 fully saturated rings. The molecule has 0 spiro atoms. The van der Waals surface area contributed by atoms with Gasteiger partial charge in [0.2, 0.25) is 11.8 Å². The third kappa shape index (κ3) is 8.86. The van der Waals surface area contributed by atoms with Crippen LogP contribution in [0.1, 0.15) is 37.0 Å². The summed E-state index contributed by atoms with van der Waals surface area (Å²) in [6.45, 7) is 4.42. The number of benzene rings is 3. The normalized spacial score (nSPS) is 12.5. The van der Waals surface area contributed by atoms with Crippen molar-refractivity contribution in [2.75, 3.05) is 5.75 Å². The standard InChI is InChI=1S/C29H33BrN2O2S/c1-3-22(2)31-29(34)27(18-23-10-6-4-7-11-23)32(19-24-14-16-26(30)17-15-24)28(33)21-35-20-25-12-8-5-9-13-25/h4-17,22,27H,3,18-21H2,1-2H3,(H,31,34)/t22-,27+/m1/s1. The first-order chi connectivity index (χ1) is 17.0. The first-order valence-electron chi connectivity index (χ1n) is 12.0. The highest BCUT2D eigenvalue weighted by atomic mass is 79.9. The maximum atomic E-state index is 13.6. The van der Waals surface area contributed by atoms with E-state index in [0.29, 0.717) is 18.7 Å². The van der Waals surface area contributed by atoms with Gasteiger partial charge in [-0.1, -0.05) is 95.7 Å². The van der Waals surface area contributed by atoms with Gasteiger partial charge in [0, 0.05) is 29.2 Å². The molecular formula is C29H33BrN2O2S. The predicted molar refractivity (Wildman–Crippen MR) is 149 cm³/mol. The number of nitrogens with one attached hydrogen (secondary N) is 1. The van der Waals surface area contributed by atoms with Crippen molar-refractivity contribution >= 4 is 39.5 Å². The van der Waals surface area contributed by atoms with Crippen LogP contribution in [0.25, 0.3) is 0 Å². The molecule has 3 rings (SSSR count). The summed E-state index contributed by atoms with van der Waals surface area (Å²) < 4.78 is 0.980. The number of carbonyl (C=O) groups excluding carboxylic acids is 2. The number of nitrogens with zero attached hydrogens (tertiary/aromatic N) is 1. The van der Waals surface area contributed by atoms with Crippen LogP contribution in [0.4, 0.5) is 0 Å². The second kappa shape index (κ2) is 14.1. The average molecular weight is 554 g/mol. The molecule has 3 aromatic carbocycles. The summed E-state index contributed by atoms with van der Waals surface area (Å²) in [7, 11) is 0. The SMILES string of the molecule is CC[C@@H](C)NC(=O)[C@H](Cc1ccccc1)N(Cc1ccc(Br)cc1)C(=O)CSCc1ccccc1. The van der Waals surface area contributed by atoms with Gasteiger partial charge in [0.15, 0.2) is 0 Å². The van der Waals surface area contributed by atoms with E-state index < -0.39 is 6.04 Å². The smallest absolute Gasteiger partial charge is 0.243 e. The fourth-order valence-electron chi connectivity index (χ4n) is 3.69. The van der Waals surface area contributed by atoms with E-state index in [1.165, 1.54) is 5.56 Å². The Balaban J connectivity index is 1.85. The molecule has 0 aliphatic carbocycles. The number of thioether (sulfide) groups is 1. The Morgan fingerprint density at radius 2 is 1.49 bits per heavy atom. The van der Waals surface area contributed by atoms with Gasteiger partial charge in [0.1, 0.15) is 6.04 Å². The lowest BCUT2D eigenvalue weighted by atomic mass is 10.0. The minimum Gasteiger partial charge on any atom is -0.352 e. The van der Waals surface area contributed by atoms with Gasteiger partial charge >= 0.3 is 0 Å². The zero-order valence-corrected chi connectivity index (χ0v) is 22.7. The third-order valence-corrected chi connectivity index (χ3v) is 7.39. The lowest BCUT2D eigenvalue weighted by molar-refractivity contribution is -0.139. The van der Waals surface area contributed by atoms with Crippen LogP contribution in [0.2, 0.25) is 0 Å². The van der Waals surface area contributed by atoms with Gasteiger partial charge in [0.25, 0.3) is 0 Å². The highest BCUT2D eigenvalue weighted by molar-refractivity contribution is 9.10. The molecule has 0 aliphatic heterocycles. The molecule has 6 heteroatoms. The topological polar surface area (TPSA) is 49.4 Å². The lowest BCUT2D eigenvalue weighted by Gasteiger charge is -2.32. The van der Waals surface area contributed by atoms with Crippen molar-refractivity contribution in [3.05, 3.63) is 106 Å². The first-order valence-corrected chi connectivity index (χ1v) is 13.9. The highest BCUT2D eigenvalue weighted by Gasteiger charge is 2.30. The zero-order chi connectivity index (χ0) is 25.0. The van der Waals surface area contributed by atoms with E-state index in [2.05, 4.69) is 33.4 Å². The molecule has 0 saturated heterocycles. The molecule has 4 nitrogen and oxygen atoms in total. The Labute approximate surface area is 221 Å². The maximum absolute atomic E-state index is 13.6. The lowest BCUT2D eigenvalue weighted by Crippen LogP contribution is -2.52. The maximum Gasteiger partial charge on any atom is 0.243 e. The van der Waals surface area contributed by atoms with E-state index in [4.69, 9.17) is 0 Å². The molecule has 0 radical (unpaired) electrons. The third-order valence-electron chi connectivity index (χ3n) is 5.88. The molecule has 2 amide bonds. The van der Waals surface area contributed by atoms with Crippen molar-refractivity contribution in [1.82, 2.24) is 10.2 Å². The summed E-state index contributed by atoms with van der Waals surface area (Å²) >= 11 is 5.06. The van der Waals surface area contributed by atoms with Crippen LogP contribution in [0.3, 0.4) is 0 Å². The van der Waals surface area contributed by atoms with E-state index in [0.717, 1.165) is 27.8 Å². The van der Waals surface area contributed by atoms with Gasteiger partial charge in [-0.25, -0.2) is 0 Å². The molecule has 3 aromatic rings. The largest absolute Gasteiger partial charge is 0.352 e. The quantitative estimate of drug-likeness (QED) is 0.289. The van der Waals surface area contributed by atoms with E-state index in [1.807, 2.05) is 86.6 Å². The average Bonchev–Trinajstić information content (AvgIpc) is 2.88. The van der Waals surface area contributed by atoms with Crippen LogP contribution in [0, 0.1) is 0 Å². The molecule has 0 heterocycles. The van der Waals surface area contributed by atoms with Crippen LogP contribution in [-0.4, -0.2) is 34.6 Å². The fraction of sp³-hybridized carbons (Fsp3) is 0.310. The number of hydrogen-bond acceptors (Lipinski definition) is 3. The molecule has 1 N–H and O–H groups in total. The molecule has 0 unspecified atom stereocenters. The van der Waals surface area contributed by atoms with Crippen LogP contribution < -0.4 is 5.32 Å². The van der Waals surface area contributed by atoms with Crippen molar-refractivity contribution < 1.29 is 9.59 Å². The number of halogens is 1. The molecule has 2 atom stereocenters. The fourth-order valence-corrected chi connectivity index (χ4v) is 4.83. The molecule has 0 aromatic heterocycles. The summed E-state index contributed by atoms with van der Waals surface area (Å²) in [5.41, 5.74) is 3.20. The Morgan fingerprint density at radius 3 is 2.09 bits per heavy atom. The summed E-state index contributed by atoms with van der Waals surface area (Å²) in [5, 5.41) is 3.11. The number of rotatable bonds is 12. The van der Waals surface area contributed by atoms with E-state index >= 15 is 0 Å². The molecule has 0 saturated carbocycles. The molecule has 35 heavy (non-hydrogen) atoms. The Bertz CT molecular complexity index is 1060. The number of hydrogen-bond donors (Lipinski definition) is 1. The van der Waals surface area contributed by atoms with Crippen molar-refractivity contribution in [3.8, 4) is 0 Å². The Hall–Kier alpha value is -2.57. The summed E-state index contributed by atoms with van der Waals surface area (Å²) in [4.78, 5) is 28.9. The van der Waals surface area contributed by atoms with Gasteiger partial charge in [-0.2, -0.15) is 0 Å². The minimum atomic E-state index is -0.597. The van der Waals surface area contributed by atoms with Crippen molar-refractivity contribution in [3.63, 3.8) is 0 Å². The molecule has 0 aliphatic rings. The minimum absolute atomic E-state index is 0.0333. The summed E-state index contributed by atoms with van der Waals surface area (Å²) in [6, 6.07) is 27.4. The molecule has 184 valence electrons. The van der Waals surface area contributed by atoms with Crippen molar-refractivity contribution in [2.24, 2.45) is 0 Å². The Morgan fingerprint density at radius 1 is 0.886 bits per heavy atom. The monoisotopic (exact) mass is 552 g/mol. The van der Waals surface area contributed by atoms with Crippen LogP contribution in [-0.2, 0) is 28.3 Å². The Kier molecular flexibility index (Phi) is 10.9. The van der Waals surface area contributed by atoms with Gasteiger partial charge in [-0.3, -0.25) is 9.59 Å². The van der Waals surface area contributed by atoms with E-state index in [1.54, 1.807) is 16.7 Å². The zero-order valence-electron chi connectivity index (χ0n) is 20.3. The van der Waals surface area contributed by atoms with Crippen LogP contribution in [0.15, 0.2) is 89.4 Å². The van der Waals surface area contributed by atoms with E-state index in [-0.39, 0.29) is 17.9 Å². The molecular weight excluding hydrogens is 520 g/mol. The predicted octanol–water partition coefficient (Wildman–Crippen LogP) is 6.24. The van der Waals surface area contributed by atoms with Crippen LogP contribution in [0.5, 0.6) is 0 Å². The number of carbonyl (C=O) groups is 2. The number of amides is 2. The van der Waals surface area contributed by atoms with Gasteiger partial charge in [-0.05, 0) is 42.2 Å². The van der Waals surface area contributed by atoms with Gasteiger partial charge in [0.05, 0.1) is 5.75 Å². The van der Waals surface area contributed by atoms with Gasteiger partial charge < -0.3 is 10.2 Å². The van der Waals surface area contributed by atoms with Crippen LogP contribution >= 0.6 is 27.7 Å². The second-order valence-electron chi connectivity index (χ2n) is 8.65. The van der Waals surface area contributed by atoms with Crippen molar-refractivity contribution in [2.45, 2.75) is 51.1 Å². The second-order valence-corrected chi connectivity index (χ2v) is 10.6. The van der Waals surface area contributed by atoms with Gasteiger partial charge in [-0.15, -0.1) is 11.8 Å². The molecule has 0 bridgehead atoms. The first kappa shape index (κ1) is 27.0. The van der Waals surface area contributed by atoms with E-state index in [9.17, 15) is 9.59 Å². The van der Waals surface area contributed by atoms with Crippen molar-refractivity contribution in [1.29, 1.82) is 0 Å². The highest BCUT2D eigenvalue weighted by Crippen LogP contribution is 2.20. The summed E-state index contributed by atoms with van der Waals surface area (Å²) in [6.07, 6.45) is 1.30. The summed E-state index contributed by atoms with van der Waals surface area (Å²) in [5.74, 6) is 0.921.